The van der Waals surface area contributed by atoms with Crippen molar-refractivity contribution in [2.45, 2.75) is 23.1 Å². The Labute approximate surface area is 242 Å². The van der Waals surface area contributed by atoms with E-state index < -0.39 is 16.1 Å². The average Bonchev–Trinajstić information content (AvgIpc) is 3.53. The second-order valence-electron chi connectivity index (χ2n) is 10.4. The van der Waals surface area contributed by atoms with Gasteiger partial charge in [0.05, 0.1) is 12.6 Å². The molecule has 3 aromatic rings. The summed E-state index contributed by atoms with van der Waals surface area (Å²) in [7, 11) is -1.83. The molecule has 40 heavy (non-hydrogen) atoms. The highest BCUT2D eigenvalue weighted by atomic mass is 35.5. The fourth-order valence-corrected chi connectivity index (χ4v) is 8.69. The molecule has 1 aromatic heterocycles. The van der Waals surface area contributed by atoms with E-state index in [-0.39, 0.29) is 42.1 Å². The molecule has 9 nitrogen and oxygen atoms in total. The van der Waals surface area contributed by atoms with Gasteiger partial charge < -0.3 is 14.7 Å². The first kappa shape index (κ1) is 27.2. The zero-order chi connectivity index (χ0) is 28.0. The highest BCUT2D eigenvalue weighted by Crippen LogP contribution is 2.34. The van der Waals surface area contributed by atoms with Gasteiger partial charge >= 0.3 is 0 Å². The summed E-state index contributed by atoms with van der Waals surface area (Å²) >= 11 is 7.29. The number of hydrogen-bond donors (Lipinski definition) is 0. The highest BCUT2D eigenvalue weighted by molar-refractivity contribution is 7.91. The van der Waals surface area contributed by atoms with Gasteiger partial charge in [0.1, 0.15) is 10.0 Å². The van der Waals surface area contributed by atoms with Gasteiger partial charge in [-0.1, -0.05) is 29.8 Å². The maximum Gasteiger partial charge on any atom is 0.254 e. The highest BCUT2D eigenvalue weighted by Gasteiger charge is 2.39. The molecule has 0 N–H and O–H groups in total. The Hall–Kier alpha value is -2.99. The summed E-state index contributed by atoms with van der Waals surface area (Å²) in [5.41, 5.74) is 1.45. The van der Waals surface area contributed by atoms with E-state index >= 15 is 0 Å². The number of halogens is 1. The maximum atomic E-state index is 13.7. The van der Waals surface area contributed by atoms with Gasteiger partial charge in [0, 0.05) is 73.6 Å². The molecule has 2 amide bonds. The van der Waals surface area contributed by atoms with Gasteiger partial charge in [-0.2, -0.15) is 4.31 Å². The summed E-state index contributed by atoms with van der Waals surface area (Å²) in [6.07, 6.45) is 1.04. The molecule has 1 unspecified atom stereocenters. The Morgan fingerprint density at radius 2 is 1.80 bits per heavy atom. The smallest absolute Gasteiger partial charge is 0.254 e. The third-order valence-corrected chi connectivity index (χ3v) is 11.5. The molecule has 2 saturated heterocycles. The standard InChI is InChI=1S/C28H30ClN5O4S2/c1-31-12-9-30-27(31)19-3-5-20(6-4-19)28(36)34-14-13-33(18-23(34)17-25(35)32-10-2-11-32)40(37,38)26-15-21-7-8-22(29)16-24(21)39-26/h3-8,15-16,23H,2,9-14,17-18H2,1H3. The van der Waals surface area contributed by atoms with Gasteiger partial charge in [-0.05, 0) is 42.1 Å². The molecule has 3 aliphatic rings. The molecule has 12 heteroatoms. The fourth-order valence-electron chi connectivity index (χ4n) is 5.39. The molecule has 0 spiro atoms. The predicted molar refractivity (Wildman–Crippen MR) is 157 cm³/mol. The van der Waals surface area contributed by atoms with E-state index in [2.05, 4.69) is 9.89 Å². The van der Waals surface area contributed by atoms with Crippen molar-refractivity contribution in [3.63, 3.8) is 0 Å². The number of thiophene rings is 1. The van der Waals surface area contributed by atoms with Gasteiger partial charge in [0.25, 0.3) is 15.9 Å². The van der Waals surface area contributed by atoms with Gasteiger partial charge in [-0.25, -0.2) is 8.42 Å². The lowest BCUT2D eigenvalue weighted by atomic mass is 10.0. The quantitative estimate of drug-likeness (QED) is 0.433. The first-order valence-electron chi connectivity index (χ1n) is 13.3. The first-order chi connectivity index (χ1) is 19.2. The summed E-state index contributed by atoms with van der Waals surface area (Å²) in [6, 6.07) is 13.7. The molecule has 1 atom stereocenters. The van der Waals surface area contributed by atoms with E-state index in [1.807, 2.05) is 19.2 Å². The van der Waals surface area contributed by atoms with Gasteiger partial charge in [-0.3, -0.25) is 14.6 Å². The molecule has 0 aliphatic carbocycles. The Balaban J connectivity index is 1.24. The number of likely N-dealkylation sites (N-methyl/N-ethyl adjacent to an activating group) is 1. The number of amidine groups is 1. The average molecular weight is 600 g/mol. The predicted octanol–water partition coefficient (Wildman–Crippen LogP) is 3.38. The van der Waals surface area contributed by atoms with Gasteiger partial charge in [0.15, 0.2) is 0 Å². The zero-order valence-corrected chi connectivity index (χ0v) is 24.5. The number of nitrogens with zero attached hydrogens (tertiary/aromatic N) is 5. The molecule has 4 heterocycles. The van der Waals surface area contributed by atoms with Crippen molar-refractivity contribution in [2.75, 3.05) is 52.9 Å². The van der Waals surface area contributed by atoms with Crippen LogP contribution in [-0.2, 0) is 14.8 Å². The summed E-state index contributed by atoms with van der Waals surface area (Å²) in [5.74, 6) is 0.644. The number of sulfonamides is 1. The molecule has 2 aromatic carbocycles. The second kappa shape index (κ2) is 10.8. The van der Waals surface area contributed by atoms with Crippen LogP contribution in [0.15, 0.2) is 57.7 Å². The van der Waals surface area contributed by atoms with E-state index in [0.717, 1.165) is 41.0 Å². The number of carbonyl (C=O) groups excluding carboxylic acids is 2. The first-order valence-corrected chi connectivity index (χ1v) is 16.0. The van der Waals surface area contributed by atoms with Crippen molar-refractivity contribution in [1.82, 2.24) is 19.0 Å². The number of aliphatic imine (C=N–C) groups is 1. The maximum absolute atomic E-state index is 13.7. The largest absolute Gasteiger partial charge is 0.358 e. The van der Waals surface area contributed by atoms with Crippen molar-refractivity contribution >= 4 is 60.7 Å². The van der Waals surface area contributed by atoms with Crippen molar-refractivity contribution in [1.29, 1.82) is 0 Å². The van der Waals surface area contributed by atoms with Crippen LogP contribution in [0.4, 0.5) is 0 Å². The minimum absolute atomic E-state index is 0.0533. The van der Waals surface area contributed by atoms with Crippen LogP contribution in [0.2, 0.25) is 5.02 Å². The van der Waals surface area contributed by atoms with Crippen LogP contribution in [0.3, 0.4) is 0 Å². The summed E-state index contributed by atoms with van der Waals surface area (Å²) in [6.45, 7) is 3.42. The SMILES string of the molecule is CN1CCN=C1c1ccc(C(=O)N2CCN(S(=O)(=O)c3cc4ccc(Cl)cc4s3)CC2CC(=O)N2CCC2)cc1. The minimum atomic E-state index is -3.82. The van der Waals surface area contributed by atoms with Crippen LogP contribution in [-0.4, -0.2) is 104 Å². The number of hydrogen-bond acceptors (Lipinski definition) is 7. The number of benzene rings is 2. The van der Waals surface area contributed by atoms with Crippen LogP contribution in [0.1, 0.15) is 28.8 Å². The summed E-state index contributed by atoms with van der Waals surface area (Å²) < 4.78 is 29.8. The van der Waals surface area contributed by atoms with Crippen LogP contribution >= 0.6 is 22.9 Å². The number of amides is 2. The number of likely N-dealkylation sites (tertiary alicyclic amines) is 1. The Morgan fingerprint density at radius 1 is 1.02 bits per heavy atom. The zero-order valence-electron chi connectivity index (χ0n) is 22.1. The fraction of sp³-hybridized carbons (Fsp3) is 0.393. The Kier molecular flexibility index (Phi) is 7.32. The van der Waals surface area contributed by atoms with Gasteiger partial charge in [-0.15, -0.1) is 11.3 Å². The van der Waals surface area contributed by atoms with Crippen LogP contribution in [0, 0.1) is 0 Å². The minimum Gasteiger partial charge on any atom is -0.358 e. The topological polar surface area (TPSA) is 93.6 Å². The summed E-state index contributed by atoms with van der Waals surface area (Å²) in [5, 5.41) is 1.36. The van der Waals surface area contributed by atoms with Crippen molar-refractivity contribution in [2.24, 2.45) is 4.99 Å². The third-order valence-electron chi connectivity index (χ3n) is 7.83. The number of piperazine rings is 1. The van der Waals surface area contributed by atoms with Crippen LogP contribution in [0.5, 0.6) is 0 Å². The Morgan fingerprint density at radius 3 is 2.48 bits per heavy atom. The molecular formula is C28H30ClN5O4S2. The molecular weight excluding hydrogens is 570 g/mol. The van der Waals surface area contributed by atoms with Crippen LogP contribution in [0.25, 0.3) is 10.1 Å². The van der Waals surface area contributed by atoms with E-state index in [0.29, 0.717) is 23.7 Å². The van der Waals surface area contributed by atoms with Crippen molar-refractivity contribution < 1.29 is 18.0 Å². The number of fused-ring (bicyclic) bond motifs is 1. The Bertz CT molecular complexity index is 1600. The molecule has 3 aliphatic heterocycles. The summed E-state index contributed by atoms with van der Waals surface area (Å²) in [4.78, 5) is 36.7. The number of carbonyl (C=O) groups is 2. The van der Waals surface area contributed by atoms with E-state index in [1.165, 1.54) is 15.6 Å². The van der Waals surface area contributed by atoms with E-state index in [4.69, 9.17) is 11.6 Å². The van der Waals surface area contributed by atoms with E-state index in [1.54, 1.807) is 46.2 Å². The number of rotatable bonds is 6. The lowest BCUT2D eigenvalue weighted by Gasteiger charge is -2.42. The lowest BCUT2D eigenvalue weighted by Crippen LogP contribution is -2.58. The van der Waals surface area contributed by atoms with E-state index in [9.17, 15) is 18.0 Å². The van der Waals surface area contributed by atoms with Crippen LogP contribution < -0.4 is 0 Å². The van der Waals surface area contributed by atoms with Crippen molar-refractivity contribution in [3.8, 4) is 0 Å². The monoisotopic (exact) mass is 599 g/mol. The molecule has 0 radical (unpaired) electrons. The van der Waals surface area contributed by atoms with Crippen molar-refractivity contribution in [3.05, 3.63) is 64.7 Å². The normalized spacial score (nSPS) is 20.1. The third kappa shape index (κ3) is 5.11. The molecule has 0 bridgehead atoms. The van der Waals surface area contributed by atoms with Gasteiger partial charge in [0.2, 0.25) is 5.91 Å². The molecule has 0 saturated carbocycles. The molecule has 2 fully saturated rings. The molecule has 6 rings (SSSR count). The lowest BCUT2D eigenvalue weighted by molar-refractivity contribution is -0.136. The second-order valence-corrected chi connectivity index (χ2v) is 14.1. The molecule has 210 valence electrons.